The Morgan fingerprint density at radius 3 is 2.61 bits per heavy atom. The number of amides is 1. The molecule has 2 aromatic rings. The van der Waals surface area contributed by atoms with Crippen LogP contribution in [-0.4, -0.2) is 82.2 Å². The summed E-state index contributed by atoms with van der Waals surface area (Å²) in [4.78, 5) is 54.9. The normalized spacial score (nSPS) is 37.2. The van der Waals surface area contributed by atoms with Gasteiger partial charge < -0.3 is 39.5 Å². The first-order valence-corrected chi connectivity index (χ1v) is 17.7. The van der Waals surface area contributed by atoms with Crippen molar-refractivity contribution < 1.29 is 48.3 Å². The second kappa shape index (κ2) is 14.6. The maximum absolute atomic E-state index is 13.6. The van der Waals surface area contributed by atoms with E-state index < -0.39 is 77.7 Å². The number of carbonyl (C=O) groups excluding carboxylic acids is 4. The van der Waals surface area contributed by atoms with Crippen molar-refractivity contribution in [3.8, 4) is 0 Å². The molecular weight excluding hydrogens is 680 g/mol. The van der Waals surface area contributed by atoms with E-state index in [1.54, 1.807) is 55.6 Å². The number of esters is 3. The quantitative estimate of drug-likeness (QED) is 0.143. The third-order valence-electron chi connectivity index (χ3n) is 11.5. The van der Waals surface area contributed by atoms with E-state index in [1.807, 2.05) is 26.0 Å². The van der Waals surface area contributed by atoms with Gasteiger partial charge in [0.15, 0.2) is 6.10 Å². The van der Waals surface area contributed by atoms with Gasteiger partial charge in [-0.05, 0) is 67.5 Å². The molecule has 51 heavy (non-hydrogen) atoms. The summed E-state index contributed by atoms with van der Waals surface area (Å²) in [5, 5.41) is 27.4. The Kier molecular flexibility index (Phi) is 10.5. The van der Waals surface area contributed by atoms with E-state index in [0.29, 0.717) is 21.9 Å². The Labute approximate surface area is 301 Å². The highest BCUT2D eigenvalue weighted by Gasteiger charge is 2.71. The number of allylic oxidation sites excluding steroid dienone is 1. The minimum Gasteiger partial charge on any atom is -0.457 e. The molecule has 0 saturated heterocycles. The summed E-state index contributed by atoms with van der Waals surface area (Å²) in [5.74, 6) is -6.14. The zero-order chi connectivity index (χ0) is 36.8. The molecule has 0 radical (unpaired) electrons. The molecule has 13 heteroatoms. The van der Waals surface area contributed by atoms with Crippen molar-refractivity contribution in [2.75, 3.05) is 7.11 Å². The molecule has 4 N–H and O–H groups in total. The molecular formula is C38H45ClN2O10. The standard InChI is InChI=1S/C38H45ClN2O10/c1-18-14-19(2)38(47)23(11-12-25-28-29(30(25)38)31(42)20(3)33(28)51-35(44)26-10-7-13-40-26)16-27(48-5)36(45)50-32(18)21(4)49-37(46)34(43)41-17-22-8-6-9-24(39)15-22/h6-15,18,20-21,23,25,27-33,40,42,47H,16-17H2,1-5H3,(H,41,43)/b19-14+/t18-,20-,21-,23-,25?,27+,28+,29?,30?,31-,32+,33-,38+/m1/s1. The number of ether oxygens (including phenoxy) is 4. The summed E-state index contributed by atoms with van der Waals surface area (Å²) in [6.45, 7) is 7.02. The lowest BCUT2D eigenvalue weighted by molar-refractivity contribution is -0.189. The van der Waals surface area contributed by atoms with Crippen LogP contribution in [0.4, 0.5) is 0 Å². The molecule has 4 aliphatic rings. The molecule has 274 valence electrons. The lowest BCUT2D eigenvalue weighted by Gasteiger charge is -2.61. The SMILES string of the molecule is CO[C@H]1C[C@H]2C=CC3C(C4[C@H]3[C@H](OC(=O)c3ccc[nH]3)[C@H](C)[C@H]4O)[C@]2(O)/C(C)=C/[C@@H](C)[C@@H]([C@@H](C)OC(=O)C(=O)NCc2cccc(Cl)c2)OC1=O. The first-order valence-electron chi connectivity index (χ1n) is 17.3. The molecule has 3 unspecified atom stereocenters. The molecule has 2 heterocycles. The van der Waals surface area contributed by atoms with Gasteiger partial charge in [0.1, 0.15) is 24.0 Å². The molecule has 1 aromatic heterocycles. The molecule has 1 aromatic carbocycles. The van der Waals surface area contributed by atoms with Gasteiger partial charge >= 0.3 is 23.8 Å². The molecule has 0 bridgehead atoms. The summed E-state index contributed by atoms with van der Waals surface area (Å²) in [5.41, 5.74) is 0.103. The number of aromatic nitrogens is 1. The van der Waals surface area contributed by atoms with Crippen LogP contribution in [0.15, 0.2) is 66.4 Å². The number of hydrogen-bond donors (Lipinski definition) is 4. The zero-order valence-electron chi connectivity index (χ0n) is 29.2. The predicted octanol–water partition coefficient (Wildman–Crippen LogP) is 3.76. The van der Waals surface area contributed by atoms with Crippen LogP contribution in [0, 0.1) is 41.4 Å². The molecule has 2 fully saturated rings. The summed E-state index contributed by atoms with van der Waals surface area (Å²) in [7, 11) is 1.38. The highest BCUT2D eigenvalue weighted by atomic mass is 35.5. The first kappa shape index (κ1) is 36.8. The molecule has 12 nitrogen and oxygen atoms in total. The minimum absolute atomic E-state index is 0.0524. The second-order valence-corrected chi connectivity index (χ2v) is 14.8. The van der Waals surface area contributed by atoms with E-state index in [0.717, 1.165) is 0 Å². The van der Waals surface area contributed by atoms with Crippen LogP contribution in [0.3, 0.4) is 0 Å². The van der Waals surface area contributed by atoms with Gasteiger partial charge in [-0.25, -0.2) is 14.4 Å². The van der Waals surface area contributed by atoms with Crippen LogP contribution in [0.25, 0.3) is 0 Å². The number of nitrogens with one attached hydrogen (secondary N) is 2. The molecule has 1 aliphatic heterocycles. The van der Waals surface area contributed by atoms with Gasteiger partial charge in [0.05, 0.1) is 11.7 Å². The first-order chi connectivity index (χ1) is 24.3. The van der Waals surface area contributed by atoms with E-state index in [1.165, 1.54) is 14.0 Å². The van der Waals surface area contributed by atoms with Crippen LogP contribution in [-0.2, 0) is 39.9 Å². The average Bonchev–Trinajstić information content (AvgIpc) is 3.69. The number of aliphatic hydroxyl groups is 2. The monoisotopic (exact) mass is 724 g/mol. The number of fused-ring (bicyclic) bond motifs is 6. The number of aromatic amines is 1. The number of H-pyrrole nitrogens is 1. The Morgan fingerprint density at radius 2 is 1.92 bits per heavy atom. The number of hydrogen-bond acceptors (Lipinski definition) is 10. The van der Waals surface area contributed by atoms with Crippen LogP contribution in [0.5, 0.6) is 0 Å². The van der Waals surface area contributed by atoms with Gasteiger partial charge in [-0.3, -0.25) is 4.79 Å². The number of cyclic esters (lactones) is 1. The minimum atomic E-state index is -1.51. The maximum atomic E-state index is 13.6. The molecule has 13 atom stereocenters. The summed E-state index contributed by atoms with van der Waals surface area (Å²) < 4.78 is 23.0. The topological polar surface area (TPSA) is 173 Å². The van der Waals surface area contributed by atoms with Crippen LogP contribution in [0.2, 0.25) is 5.02 Å². The average molecular weight is 725 g/mol. The highest BCUT2D eigenvalue weighted by molar-refractivity contribution is 6.32. The Hall–Kier alpha value is -3.97. The molecule has 0 spiro atoms. The van der Waals surface area contributed by atoms with Gasteiger partial charge in [-0.15, -0.1) is 0 Å². The number of rotatable bonds is 7. The summed E-state index contributed by atoms with van der Waals surface area (Å²) >= 11 is 6.01. The van der Waals surface area contributed by atoms with Gasteiger partial charge in [0.25, 0.3) is 0 Å². The van der Waals surface area contributed by atoms with Crippen molar-refractivity contribution in [2.45, 2.75) is 76.8 Å². The third-order valence-corrected chi connectivity index (χ3v) is 11.7. The fraction of sp³-hybridized carbons (Fsp3) is 0.526. The number of halogens is 1. The third kappa shape index (κ3) is 6.74. The van der Waals surface area contributed by atoms with Gasteiger partial charge in [-0.1, -0.05) is 55.8 Å². The molecule has 3 aliphatic carbocycles. The van der Waals surface area contributed by atoms with Crippen LogP contribution < -0.4 is 5.32 Å². The summed E-state index contributed by atoms with van der Waals surface area (Å²) in [6.07, 6.45) is 2.83. The number of methoxy groups -OCH3 is 1. The fourth-order valence-electron chi connectivity index (χ4n) is 8.93. The van der Waals surface area contributed by atoms with Crippen molar-refractivity contribution in [2.24, 2.45) is 41.4 Å². The van der Waals surface area contributed by atoms with Crippen molar-refractivity contribution in [1.82, 2.24) is 10.3 Å². The van der Waals surface area contributed by atoms with E-state index in [2.05, 4.69) is 10.3 Å². The predicted molar refractivity (Wildman–Crippen MR) is 184 cm³/mol. The van der Waals surface area contributed by atoms with E-state index in [-0.39, 0.29) is 36.6 Å². The Bertz CT molecular complexity index is 1710. The lowest BCUT2D eigenvalue weighted by Crippen LogP contribution is -2.65. The smallest absolute Gasteiger partial charge is 0.397 e. The fourth-order valence-corrected chi connectivity index (χ4v) is 9.14. The van der Waals surface area contributed by atoms with Crippen LogP contribution in [0.1, 0.15) is 50.2 Å². The van der Waals surface area contributed by atoms with E-state index >= 15 is 0 Å². The van der Waals surface area contributed by atoms with Gasteiger partial charge in [-0.2, -0.15) is 0 Å². The van der Waals surface area contributed by atoms with Gasteiger partial charge in [0, 0.05) is 54.5 Å². The number of carbonyl (C=O) groups is 4. The number of aliphatic hydroxyl groups excluding tert-OH is 1. The van der Waals surface area contributed by atoms with Crippen molar-refractivity contribution >= 4 is 35.4 Å². The number of benzene rings is 1. The van der Waals surface area contributed by atoms with Gasteiger partial charge in [0.2, 0.25) is 0 Å². The molecule has 1 amide bonds. The summed E-state index contributed by atoms with van der Waals surface area (Å²) in [6, 6.07) is 10.2. The van der Waals surface area contributed by atoms with E-state index in [9.17, 15) is 29.4 Å². The lowest BCUT2D eigenvalue weighted by atomic mass is 9.46. The molecule has 2 saturated carbocycles. The van der Waals surface area contributed by atoms with Crippen molar-refractivity contribution in [3.63, 3.8) is 0 Å². The second-order valence-electron chi connectivity index (χ2n) is 14.4. The maximum Gasteiger partial charge on any atom is 0.397 e. The Morgan fingerprint density at radius 1 is 1.16 bits per heavy atom. The van der Waals surface area contributed by atoms with E-state index in [4.69, 9.17) is 30.5 Å². The largest absolute Gasteiger partial charge is 0.457 e. The van der Waals surface area contributed by atoms with Crippen molar-refractivity contribution in [1.29, 1.82) is 0 Å². The zero-order valence-corrected chi connectivity index (χ0v) is 29.9. The van der Waals surface area contributed by atoms with Crippen LogP contribution >= 0.6 is 11.6 Å². The Balaban J connectivity index is 1.23. The molecule has 6 rings (SSSR count). The highest BCUT2D eigenvalue weighted by Crippen LogP contribution is 2.66. The van der Waals surface area contributed by atoms with Crippen molar-refractivity contribution in [3.05, 3.63) is 82.7 Å².